The molecule has 0 heterocycles. The molecule has 0 saturated carbocycles. The van der Waals surface area contributed by atoms with Crippen molar-refractivity contribution in [1.29, 1.82) is 0 Å². The highest BCUT2D eigenvalue weighted by atomic mass is 16.5. The summed E-state index contributed by atoms with van der Waals surface area (Å²) >= 11 is 0. The van der Waals surface area contributed by atoms with Gasteiger partial charge in [0.15, 0.2) is 5.41 Å². The van der Waals surface area contributed by atoms with Crippen LogP contribution in [0.2, 0.25) is 0 Å². The number of rotatable bonds is 9. The maximum absolute atomic E-state index is 12.1. The maximum atomic E-state index is 12.1. The van der Waals surface area contributed by atoms with E-state index in [0.29, 0.717) is 0 Å². The van der Waals surface area contributed by atoms with Crippen molar-refractivity contribution >= 4 is 17.9 Å². The molecule has 0 aromatic carbocycles. The van der Waals surface area contributed by atoms with E-state index in [1.54, 1.807) is 6.08 Å². The number of methoxy groups -OCH3 is 2. The van der Waals surface area contributed by atoms with E-state index in [0.717, 1.165) is 0 Å². The van der Waals surface area contributed by atoms with Gasteiger partial charge in [0.25, 0.3) is 0 Å². The summed E-state index contributed by atoms with van der Waals surface area (Å²) in [6.07, 6.45) is 6.03. The molecule has 22 heavy (non-hydrogen) atoms. The Kier molecular flexibility index (Phi) is 9.53. The molecule has 1 N–H and O–H groups in total. The van der Waals surface area contributed by atoms with Gasteiger partial charge in [0.2, 0.25) is 0 Å². The third-order valence-electron chi connectivity index (χ3n) is 2.91. The van der Waals surface area contributed by atoms with Crippen LogP contribution in [0.4, 0.5) is 0 Å². The van der Waals surface area contributed by atoms with Gasteiger partial charge in [0.05, 0.1) is 20.8 Å². The summed E-state index contributed by atoms with van der Waals surface area (Å²) in [4.78, 5) is 34.8. The second-order valence-corrected chi connectivity index (χ2v) is 4.40. The summed E-state index contributed by atoms with van der Waals surface area (Å²) in [6, 6.07) is 0. The van der Waals surface area contributed by atoms with Crippen LogP contribution in [0.25, 0.3) is 0 Å². The largest absolute Gasteiger partial charge is 0.468 e. The summed E-state index contributed by atoms with van der Waals surface area (Å²) in [5.41, 5.74) is -1.54. The SMILES string of the molecule is COC(=O)C(C/C=C\CO)(C/C=C\COC(C)=O)C(=O)OC. The number of aliphatic hydroxyl groups is 1. The third-order valence-corrected chi connectivity index (χ3v) is 2.91. The fourth-order valence-corrected chi connectivity index (χ4v) is 1.77. The van der Waals surface area contributed by atoms with Gasteiger partial charge >= 0.3 is 17.9 Å². The molecule has 124 valence electrons. The van der Waals surface area contributed by atoms with Crippen LogP contribution in [0, 0.1) is 5.41 Å². The van der Waals surface area contributed by atoms with Crippen LogP contribution in [0.1, 0.15) is 19.8 Å². The predicted molar refractivity (Wildman–Crippen MR) is 77.7 cm³/mol. The van der Waals surface area contributed by atoms with Gasteiger partial charge in [0.1, 0.15) is 6.61 Å². The number of hydrogen-bond acceptors (Lipinski definition) is 7. The maximum Gasteiger partial charge on any atom is 0.323 e. The Balaban J connectivity index is 5.17. The topological polar surface area (TPSA) is 99.1 Å². The van der Waals surface area contributed by atoms with E-state index in [1.807, 2.05) is 0 Å². The molecule has 0 aromatic rings. The van der Waals surface area contributed by atoms with Crippen molar-refractivity contribution in [3.63, 3.8) is 0 Å². The molecule has 0 aliphatic rings. The highest BCUT2D eigenvalue weighted by Gasteiger charge is 2.46. The first-order valence-corrected chi connectivity index (χ1v) is 6.65. The smallest absolute Gasteiger partial charge is 0.323 e. The van der Waals surface area contributed by atoms with Gasteiger partial charge in [0, 0.05) is 6.92 Å². The first kappa shape index (κ1) is 19.9. The molecule has 0 aromatic heterocycles. The first-order valence-electron chi connectivity index (χ1n) is 6.65. The minimum atomic E-state index is -1.54. The summed E-state index contributed by atoms with van der Waals surface area (Å²) in [5.74, 6) is -1.90. The molecule has 0 amide bonds. The predicted octanol–water partition coefficient (Wildman–Crippen LogP) is 0.767. The van der Waals surface area contributed by atoms with Crippen molar-refractivity contribution in [1.82, 2.24) is 0 Å². The van der Waals surface area contributed by atoms with Crippen LogP contribution in [-0.4, -0.2) is 50.4 Å². The molecule has 7 heteroatoms. The van der Waals surface area contributed by atoms with Crippen LogP contribution in [0.5, 0.6) is 0 Å². The zero-order valence-electron chi connectivity index (χ0n) is 13.0. The number of allylic oxidation sites excluding steroid dienone is 2. The van der Waals surface area contributed by atoms with E-state index in [-0.39, 0.29) is 26.1 Å². The van der Waals surface area contributed by atoms with Crippen molar-refractivity contribution in [3.05, 3.63) is 24.3 Å². The van der Waals surface area contributed by atoms with Crippen molar-refractivity contribution in [2.24, 2.45) is 5.41 Å². The van der Waals surface area contributed by atoms with Crippen LogP contribution in [0.3, 0.4) is 0 Å². The first-order chi connectivity index (χ1) is 10.4. The van der Waals surface area contributed by atoms with Crippen molar-refractivity contribution in [2.45, 2.75) is 19.8 Å². The van der Waals surface area contributed by atoms with Gasteiger partial charge in [-0.05, 0) is 12.8 Å². The highest BCUT2D eigenvalue weighted by Crippen LogP contribution is 2.31. The standard InChI is InChI=1S/C15H22O7/c1-12(17)22-11-7-5-9-15(13(18)20-2,14(19)21-3)8-4-6-10-16/h4-7,16H,8-11H2,1-3H3/b6-4-,7-5-. The molecule has 0 saturated heterocycles. The molecule has 0 atom stereocenters. The quantitative estimate of drug-likeness (QED) is 0.290. The van der Waals surface area contributed by atoms with Gasteiger partial charge in [-0.2, -0.15) is 0 Å². The summed E-state index contributed by atoms with van der Waals surface area (Å²) in [5, 5.41) is 8.77. The molecule has 0 rings (SSSR count). The average molecular weight is 314 g/mol. The molecule has 0 bridgehead atoms. The van der Waals surface area contributed by atoms with Crippen LogP contribution in [-0.2, 0) is 28.6 Å². The van der Waals surface area contributed by atoms with Gasteiger partial charge in [-0.25, -0.2) is 0 Å². The Bertz CT molecular complexity index is 421. The van der Waals surface area contributed by atoms with E-state index >= 15 is 0 Å². The van der Waals surface area contributed by atoms with E-state index < -0.39 is 23.3 Å². The van der Waals surface area contributed by atoms with E-state index in [2.05, 4.69) is 0 Å². The molecule has 0 aliphatic heterocycles. The van der Waals surface area contributed by atoms with E-state index in [4.69, 9.17) is 19.3 Å². The monoisotopic (exact) mass is 314 g/mol. The Morgan fingerprint density at radius 1 is 0.955 bits per heavy atom. The van der Waals surface area contributed by atoms with Gasteiger partial charge in [-0.1, -0.05) is 24.3 Å². The molecule has 0 radical (unpaired) electrons. The molecule has 7 nitrogen and oxygen atoms in total. The Morgan fingerprint density at radius 3 is 1.86 bits per heavy atom. The number of esters is 3. The van der Waals surface area contributed by atoms with E-state index in [1.165, 1.54) is 39.4 Å². The fourth-order valence-electron chi connectivity index (χ4n) is 1.77. The lowest BCUT2D eigenvalue weighted by atomic mass is 9.80. The summed E-state index contributed by atoms with van der Waals surface area (Å²) in [7, 11) is 2.36. The minimum Gasteiger partial charge on any atom is -0.468 e. The van der Waals surface area contributed by atoms with E-state index in [9.17, 15) is 14.4 Å². The van der Waals surface area contributed by atoms with Gasteiger partial charge in [-0.3, -0.25) is 14.4 Å². The third kappa shape index (κ3) is 6.09. The number of ether oxygens (including phenoxy) is 3. The Labute approximate surface area is 129 Å². The number of carbonyl (C=O) groups is 3. The molecule has 0 spiro atoms. The van der Waals surface area contributed by atoms with Crippen LogP contribution >= 0.6 is 0 Å². The van der Waals surface area contributed by atoms with Crippen LogP contribution < -0.4 is 0 Å². The second-order valence-electron chi connectivity index (χ2n) is 4.40. The van der Waals surface area contributed by atoms with Crippen molar-refractivity contribution < 1.29 is 33.7 Å². The zero-order valence-corrected chi connectivity index (χ0v) is 13.0. The fraction of sp³-hybridized carbons (Fsp3) is 0.533. The average Bonchev–Trinajstić information content (AvgIpc) is 2.51. The van der Waals surface area contributed by atoms with Crippen LogP contribution in [0.15, 0.2) is 24.3 Å². The molecule has 0 unspecified atom stereocenters. The lowest BCUT2D eigenvalue weighted by Crippen LogP contribution is -2.40. The molecule has 0 aliphatic carbocycles. The lowest BCUT2D eigenvalue weighted by molar-refractivity contribution is -0.168. The minimum absolute atomic E-state index is 0.0172. The molecular weight excluding hydrogens is 292 g/mol. The molecular formula is C15H22O7. The lowest BCUT2D eigenvalue weighted by Gasteiger charge is -2.25. The van der Waals surface area contributed by atoms with Crippen molar-refractivity contribution in [3.8, 4) is 0 Å². The summed E-state index contributed by atoms with van der Waals surface area (Å²) in [6.45, 7) is 1.11. The zero-order chi connectivity index (χ0) is 17.0. The van der Waals surface area contributed by atoms with Gasteiger partial charge in [-0.15, -0.1) is 0 Å². The number of carbonyl (C=O) groups excluding carboxylic acids is 3. The highest BCUT2D eigenvalue weighted by molar-refractivity contribution is 6.00. The Morgan fingerprint density at radius 2 is 1.45 bits per heavy atom. The van der Waals surface area contributed by atoms with Crippen molar-refractivity contribution in [2.75, 3.05) is 27.4 Å². The Hall–Kier alpha value is -2.15. The second kappa shape index (κ2) is 10.6. The normalized spacial score (nSPS) is 11.6. The van der Waals surface area contributed by atoms with Gasteiger partial charge < -0.3 is 19.3 Å². The summed E-state index contributed by atoms with van der Waals surface area (Å²) < 4.78 is 14.1. The number of hydrogen-bond donors (Lipinski definition) is 1. The number of aliphatic hydroxyl groups excluding tert-OH is 1. The molecule has 0 fully saturated rings.